The number of rotatable bonds is 34. The van der Waals surface area contributed by atoms with E-state index in [1.165, 1.54) is 55.8 Å². The second kappa shape index (κ2) is 33.0. The standard InChI is InChI=1S/C62H80FN11O10/c1-5-7-23-48(55(75)70-51(36-45-21-12-13-22-47(45)63)57(77)69-49(24-8-6-2)59(79)73(4)53(61(81)82)34-43-20-15-27-66-39-43)68-56(76)50(33-42-19-14-26-65-38-42)71-58(78)52(25-16-29-74-30-28-67-40-74)72(3)60(80)54(35-41-17-10-9-11-18-41)84-62(83)46-31-44(32-46)37-64/h9-15,17-22,26-28,30,38-40,44,46,48-54H,5-8,16,23-25,29,31-37,64H2,1-4H3,(H,68,76)(H,69,77)(H,70,75)(H,71,78)(H,81,82)/t44?,46?,48-,49-,50-,51-,52-,53-,54-/m0/s1. The van der Waals surface area contributed by atoms with Crippen LogP contribution in [0.5, 0.6) is 0 Å². The molecule has 1 fully saturated rings. The van der Waals surface area contributed by atoms with Crippen molar-refractivity contribution in [2.24, 2.45) is 17.6 Å². The molecule has 6 rings (SSSR count). The number of aliphatic carboxylic acids is 1. The third-order valence-electron chi connectivity index (χ3n) is 15.3. The highest BCUT2D eigenvalue weighted by Gasteiger charge is 2.41. The number of likely N-dealkylation sites (N-methyl/N-ethyl adjacent to an activating group) is 2. The molecule has 7 N–H and O–H groups in total. The fraction of sp³-hybridized carbons (Fsp3) is 0.468. The number of nitrogens with one attached hydrogen (secondary N) is 4. The third-order valence-corrected chi connectivity index (χ3v) is 15.3. The van der Waals surface area contributed by atoms with E-state index >= 15 is 4.39 Å². The first-order chi connectivity index (χ1) is 40.5. The Labute approximate surface area is 490 Å². The van der Waals surface area contributed by atoms with E-state index in [0.29, 0.717) is 69.2 Å². The van der Waals surface area contributed by atoms with Crippen molar-refractivity contribution in [1.29, 1.82) is 0 Å². The van der Waals surface area contributed by atoms with E-state index in [4.69, 9.17) is 10.5 Å². The summed E-state index contributed by atoms with van der Waals surface area (Å²) in [6, 6.07) is 13.4. The maximum atomic E-state index is 15.4. The molecule has 84 heavy (non-hydrogen) atoms. The number of nitrogens with zero attached hydrogens (tertiary/aromatic N) is 6. The smallest absolute Gasteiger partial charge is 0.326 e. The molecule has 1 aliphatic carbocycles. The largest absolute Gasteiger partial charge is 0.480 e. The van der Waals surface area contributed by atoms with Crippen LogP contribution >= 0.6 is 0 Å². The van der Waals surface area contributed by atoms with Crippen LogP contribution in [0.2, 0.25) is 0 Å². The highest BCUT2D eigenvalue weighted by atomic mass is 19.1. The lowest BCUT2D eigenvalue weighted by molar-refractivity contribution is -0.167. The lowest BCUT2D eigenvalue weighted by atomic mass is 9.75. The Balaban J connectivity index is 1.27. The van der Waals surface area contributed by atoms with Crippen molar-refractivity contribution in [2.45, 2.75) is 153 Å². The number of aromatic nitrogens is 4. The van der Waals surface area contributed by atoms with Crippen LogP contribution in [0.4, 0.5) is 4.39 Å². The molecule has 0 aliphatic heterocycles. The van der Waals surface area contributed by atoms with Crippen molar-refractivity contribution >= 4 is 47.4 Å². The first-order valence-corrected chi connectivity index (χ1v) is 28.9. The Morgan fingerprint density at radius 3 is 1.79 bits per heavy atom. The number of pyridine rings is 2. The molecule has 6 amide bonds. The molecule has 0 bridgehead atoms. The van der Waals surface area contributed by atoms with Gasteiger partial charge in [0.05, 0.1) is 12.2 Å². The zero-order valence-electron chi connectivity index (χ0n) is 48.3. The van der Waals surface area contributed by atoms with Crippen LogP contribution in [0.1, 0.15) is 100 Å². The van der Waals surface area contributed by atoms with Crippen LogP contribution in [0, 0.1) is 17.7 Å². The van der Waals surface area contributed by atoms with Crippen molar-refractivity contribution in [3.8, 4) is 0 Å². The molecule has 450 valence electrons. The van der Waals surface area contributed by atoms with E-state index in [1.807, 2.05) is 36.6 Å². The topological polar surface area (TPSA) is 290 Å². The maximum absolute atomic E-state index is 15.4. The summed E-state index contributed by atoms with van der Waals surface area (Å²) in [6.45, 7) is 4.62. The second-order valence-corrected chi connectivity index (χ2v) is 21.6. The van der Waals surface area contributed by atoms with Gasteiger partial charge < -0.3 is 51.2 Å². The van der Waals surface area contributed by atoms with Crippen molar-refractivity contribution in [3.05, 3.63) is 150 Å². The second-order valence-electron chi connectivity index (χ2n) is 21.6. The number of hydrogen-bond acceptors (Lipinski definition) is 13. The molecule has 5 aromatic rings. The summed E-state index contributed by atoms with van der Waals surface area (Å²) in [7, 11) is 2.79. The molecule has 1 aliphatic rings. The molecular weight excluding hydrogens is 1080 g/mol. The number of amides is 6. The van der Waals surface area contributed by atoms with E-state index in [-0.39, 0.29) is 56.4 Å². The molecule has 3 aromatic heterocycles. The molecule has 1 saturated carbocycles. The summed E-state index contributed by atoms with van der Waals surface area (Å²) in [5, 5.41) is 21.5. The predicted molar refractivity (Wildman–Crippen MR) is 310 cm³/mol. The van der Waals surface area contributed by atoms with Crippen LogP contribution < -0.4 is 27.0 Å². The molecule has 21 nitrogen and oxygen atoms in total. The first-order valence-electron chi connectivity index (χ1n) is 28.9. The fourth-order valence-electron chi connectivity index (χ4n) is 10.1. The minimum Gasteiger partial charge on any atom is -0.480 e. The number of hydrogen-bond donors (Lipinski definition) is 6. The van der Waals surface area contributed by atoms with Gasteiger partial charge in [-0.05, 0) is 91.4 Å². The number of ether oxygens (including phenoxy) is 1. The first kappa shape index (κ1) is 64.8. The van der Waals surface area contributed by atoms with Gasteiger partial charge in [0.2, 0.25) is 29.5 Å². The summed E-state index contributed by atoms with van der Waals surface area (Å²) in [6.07, 6.45) is 13.1. The maximum Gasteiger partial charge on any atom is 0.326 e. The molecule has 22 heteroatoms. The summed E-state index contributed by atoms with van der Waals surface area (Å²) in [4.78, 5) is 129. The van der Waals surface area contributed by atoms with Crippen LogP contribution in [-0.2, 0) is 75.3 Å². The molecular formula is C62H80FN11O10. The van der Waals surface area contributed by atoms with E-state index in [1.54, 1.807) is 67.4 Å². The number of carbonyl (C=O) groups excluding carboxylic acids is 7. The summed E-state index contributed by atoms with van der Waals surface area (Å²) in [5.41, 5.74) is 7.74. The SMILES string of the molecule is CCCC[C@H](NC(=O)[C@H](Cc1cccnc1)NC(=O)[C@H](CCCn1ccnc1)N(C)C(=O)[C@H](Cc1ccccc1)OC(=O)C1CC(CN)C1)C(=O)N[C@@H](Cc1ccccc1F)C(=O)N[C@@H](CCCC)C(=O)N(C)[C@@H](Cc1cccnc1)C(=O)O. The van der Waals surface area contributed by atoms with Gasteiger partial charge in [0.25, 0.3) is 5.91 Å². The summed E-state index contributed by atoms with van der Waals surface area (Å²) < 4.78 is 23.3. The predicted octanol–water partition coefficient (Wildman–Crippen LogP) is 4.52. The number of unbranched alkanes of at least 4 members (excludes halogenated alkanes) is 2. The van der Waals surface area contributed by atoms with Gasteiger partial charge in [0.15, 0.2) is 6.10 Å². The van der Waals surface area contributed by atoms with E-state index < -0.39 is 101 Å². The number of nitrogens with two attached hydrogens (primary N) is 1. The van der Waals surface area contributed by atoms with Crippen LogP contribution in [0.3, 0.4) is 0 Å². The summed E-state index contributed by atoms with van der Waals surface area (Å²) in [5.74, 6) is -7.25. The molecule has 0 unspecified atom stereocenters. The Kier molecular flexibility index (Phi) is 25.5. The Bertz CT molecular complexity index is 2920. The quantitative estimate of drug-likeness (QED) is 0.0309. The van der Waals surface area contributed by atoms with Gasteiger partial charge in [-0.15, -0.1) is 0 Å². The Morgan fingerprint density at radius 1 is 0.631 bits per heavy atom. The van der Waals surface area contributed by atoms with Crippen molar-refractivity contribution < 1.29 is 52.6 Å². The van der Waals surface area contributed by atoms with Gasteiger partial charge >= 0.3 is 11.9 Å². The fourth-order valence-corrected chi connectivity index (χ4v) is 10.1. The zero-order valence-corrected chi connectivity index (χ0v) is 48.3. The number of esters is 1. The van der Waals surface area contributed by atoms with Gasteiger partial charge in [-0.3, -0.25) is 43.5 Å². The van der Waals surface area contributed by atoms with Gasteiger partial charge in [-0.1, -0.05) is 100 Å². The lowest BCUT2D eigenvalue weighted by Crippen LogP contribution is -2.60. The minimum atomic E-state index is -1.52. The van der Waals surface area contributed by atoms with E-state index in [2.05, 4.69) is 36.2 Å². The van der Waals surface area contributed by atoms with E-state index in [9.17, 15) is 43.5 Å². The highest BCUT2D eigenvalue weighted by molar-refractivity contribution is 5.97. The minimum absolute atomic E-state index is 0.0256. The number of halogens is 1. The van der Waals surface area contributed by atoms with Crippen LogP contribution in [0.25, 0.3) is 0 Å². The van der Waals surface area contributed by atoms with Gasteiger partial charge in [-0.25, -0.2) is 14.2 Å². The number of imidazole rings is 1. The van der Waals surface area contributed by atoms with Crippen molar-refractivity contribution in [2.75, 3.05) is 20.6 Å². The van der Waals surface area contributed by atoms with Gasteiger partial charge in [0.1, 0.15) is 42.1 Å². The summed E-state index contributed by atoms with van der Waals surface area (Å²) >= 11 is 0. The normalized spacial score (nSPS) is 16.2. The van der Waals surface area contributed by atoms with Gasteiger partial charge in [0, 0.05) is 83.5 Å². The lowest BCUT2D eigenvalue weighted by Gasteiger charge is -2.35. The van der Waals surface area contributed by atoms with Gasteiger partial charge in [-0.2, -0.15) is 0 Å². The number of aryl methyl sites for hydroxylation is 1. The zero-order chi connectivity index (χ0) is 60.5. The molecule has 0 saturated heterocycles. The molecule has 2 aromatic carbocycles. The van der Waals surface area contributed by atoms with Crippen LogP contribution in [-0.4, -0.2) is 145 Å². The molecule has 7 atom stereocenters. The van der Waals surface area contributed by atoms with Crippen LogP contribution in [0.15, 0.2) is 122 Å². The number of benzene rings is 2. The highest BCUT2D eigenvalue weighted by Crippen LogP contribution is 2.34. The monoisotopic (exact) mass is 1160 g/mol. The average Bonchev–Trinajstić information content (AvgIpc) is 4.05. The molecule has 0 radical (unpaired) electrons. The Hall–Kier alpha value is -8.40. The number of carbonyl (C=O) groups is 8. The van der Waals surface area contributed by atoms with E-state index in [0.717, 1.165) is 10.5 Å². The molecule has 0 spiro atoms. The third kappa shape index (κ3) is 19.3. The Morgan fingerprint density at radius 2 is 1.19 bits per heavy atom. The average molecular weight is 1160 g/mol. The number of carboxylic acid groups (broad SMARTS) is 1. The van der Waals surface area contributed by atoms with Crippen molar-refractivity contribution in [1.82, 2.24) is 50.6 Å². The number of carboxylic acids is 1. The molecule has 3 heterocycles. The van der Waals surface area contributed by atoms with Crippen molar-refractivity contribution in [3.63, 3.8) is 0 Å².